The Labute approximate surface area is 150 Å². The Morgan fingerprint density at radius 3 is 2.96 bits per heavy atom. The molecule has 0 atom stereocenters. The number of anilines is 1. The van der Waals surface area contributed by atoms with Crippen LogP contribution in [-0.4, -0.2) is 27.5 Å². The quantitative estimate of drug-likeness (QED) is 0.717. The maximum Gasteiger partial charge on any atom is 0.268 e. The number of nitrogens with one attached hydrogen (secondary N) is 1. The van der Waals surface area contributed by atoms with Crippen molar-refractivity contribution in [1.29, 1.82) is 0 Å². The van der Waals surface area contributed by atoms with E-state index in [1.54, 1.807) is 24.3 Å². The van der Waals surface area contributed by atoms with Crippen LogP contribution in [0.25, 0.3) is 11.4 Å². The summed E-state index contributed by atoms with van der Waals surface area (Å²) < 4.78 is 13.8. The van der Waals surface area contributed by atoms with E-state index in [1.807, 2.05) is 0 Å². The highest BCUT2D eigenvalue weighted by Crippen LogP contribution is 2.29. The van der Waals surface area contributed by atoms with E-state index < -0.39 is 5.91 Å². The fourth-order valence-electron chi connectivity index (χ4n) is 1.88. The molecule has 3 rings (SSSR count). The average Bonchev–Trinajstić information content (AvgIpc) is 3.16. The Hall–Kier alpha value is -2.00. The van der Waals surface area contributed by atoms with Crippen LogP contribution in [0.1, 0.15) is 15.6 Å². The lowest BCUT2D eigenvalue weighted by atomic mass is 10.2. The summed E-state index contributed by atoms with van der Waals surface area (Å²) in [7, 11) is 1.54. The predicted molar refractivity (Wildman–Crippen MR) is 90.5 cm³/mol. The van der Waals surface area contributed by atoms with Gasteiger partial charge in [-0.05, 0) is 23.7 Å². The molecule has 1 aromatic carbocycles. The van der Waals surface area contributed by atoms with Gasteiger partial charge in [-0.2, -0.15) is 9.36 Å². The molecule has 124 valence electrons. The largest absolute Gasteiger partial charge is 0.375 e. The van der Waals surface area contributed by atoms with Crippen molar-refractivity contribution in [1.82, 2.24) is 14.5 Å². The number of nitrogens with zero attached hydrogens (tertiary/aromatic N) is 3. The first-order chi connectivity index (χ1) is 11.6. The third-order valence-electron chi connectivity index (χ3n) is 2.92. The van der Waals surface area contributed by atoms with E-state index in [0.717, 1.165) is 11.5 Å². The lowest BCUT2D eigenvalue weighted by molar-refractivity contribution is 0.103. The lowest BCUT2D eigenvalue weighted by Crippen LogP contribution is -2.10. The van der Waals surface area contributed by atoms with Gasteiger partial charge in [0, 0.05) is 18.4 Å². The number of carbonyl (C=O) groups excluding carboxylic acids is 1. The fourth-order valence-corrected chi connectivity index (χ4v) is 2.99. The van der Waals surface area contributed by atoms with E-state index in [1.165, 1.54) is 7.11 Å². The Balaban J connectivity index is 1.80. The van der Waals surface area contributed by atoms with Crippen molar-refractivity contribution in [3.63, 3.8) is 0 Å². The average molecular weight is 385 g/mol. The van der Waals surface area contributed by atoms with Gasteiger partial charge in [0.1, 0.15) is 16.5 Å². The van der Waals surface area contributed by atoms with Crippen molar-refractivity contribution in [3.8, 4) is 11.4 Å². The zero-order valence-corrected chi connectivity index (χ0v) is 14.6. The molecule has 0 unspecified atom stereocenters. The molecule has 0 bridgehead atoms. The highest BCUT2D eigenvalue weighted by molar-refractivity contribution is 7.09. The zero-order chi connectivity index (χ0) is 17.1. The molecule has 0 aliphatic carbocycles. The molecule has 24 heavy (non-hydrogen) atoms. The van der Waals surface area contributed by atoms with Gasteiger partial charge in [0.05, 0.1) is 0 Å². The first-order valence-corrected chi connectivity index (χ1v) is 8.15. The van der Waals surface area contributed by atoms with Crippen LogP contribution in [0.2, 0.25) is 10.2 Å². The maximum atomic E-state index is 12.2. The van der Waals surface area contributed by atoms with E-state index >= 15 is 0 Å². The van der Waals surface area contributed by atoms with E-state index in [9.17, 15) is 4.79 Å². The SMILES string of the molecule is COCc1nc(-c2cccc(NC(=O)c3snc(Cl)c3Cl)c2)no1. The Bertz CT molecular complexity index is 881. The van der Waals surface area contributed by atoms with Crippen LogP contribution in [0.4, 0.5) is 5.69 Å². The van der Waals surface area contributed by atoms with Crippen LogP contribution >= 0.6 is 34.7 Å². The van der Waals surface area contributed by atoms with Gasteiger partial charge in [0.25, 0.3) is 11.8 Å². The van der Waals surface area contributed by atoms with Gasteiger partial charge in [-0.3, -0.25) is 4.79 Å². The zero-order valence-electron chi connectivity index (χ0n) is 12.2. The maximum absolute atomic E-state index is 12.2. The summed E-state index contributed by atoms with van der Waals surface area (Å²) in [6, 6.07) is 7.01. The Morgan fingerprint density at radius 2 is 2.25 bits per heavy atom. The third-order valence-corrected chi connectivity index (χ3v) is 4.71. The summed E-state index contributed by atoms with van der Waals surface area (Å²) in [6.45, 7) is 0.230. The molecule has 0 radical (unpaired) electrons. The molecule has 1 amide bonds. The molecule has 0 saturated carbocycles. The van der Waals surface area contributed by atoms with Crippen LogP contribution in [-0.2, 0) is 11.3 Å². The number of carbonyl (C=O) groups is 1. The van der Waals surface area contributed by atoms with E-state index in [-0.39, 0.29) is 21.7 Å². The monoisotopic (exact) mass is 384 g/mol. The molecule has 0 saturated heterocycles. The molecule has 0 aliphatic heterocycles. The third kappa shape index (κ3) is 3.57. The number of methoxy groups -OCH3 is 1. The minimum Gasteiger partial charge on any atom is -0.375 e. The first-order valence-electron chi connectivity index (χ1n) is 6.62. The molecular formula is C14H10Cl2N4O3S. The van der Waals surface area contributed by atoms with Crippen molar-refractivity contribution in [2.45, 2.75) is 6.61 Å². The van der Waals surface area contributed by atoms with Gasteiger partial charge in [-0.25, -0.2) is 0 Å². The normalized spacial score (nSPS) is 10.8. The van der Waals surface area contributed by atoms with Crippen LogP contribution in [0.3, 0.4) is 0 Å². The molecule has 2 heterocycles. The van der Waals surface area contributed by atoms with Crippen molar-refractivity contribution in [2.24, 2.45) is 0 Å². The van der Waals surface area contributed by atoms with Gasteiger partial charge in [0.2, 0.25) is 5.82 Å². The molecule has 7 nitrogen and oxygen atoms in total. The molecule has 10 heteroatoms. The summed E-state index contributed by atoms with van der Waals surface area (Å²) in [5.74, 6) is 0.375. The number of hydrogen-bond acceptors (Lipinski definition) is 7. The predicted octanol–water partition coefficient (Wildman–Crippen LogP) is 3.90. The Morgan fingerprint density at radius 1 is 1.42 bits per heavy atom. The van der Waals surface area contributed by atoms with E-state index in [4.69, 9.17) is 32.5 Å². The number of rotatable bonds is 5. The summed E-state index contributed by atoms with van der Waals surface area (Å²) in [6.07, 6.45) is 0. The smallest absolute Gasteiger partial charge is 0.268 e. The van der Waals surface area contributed by atoms with Crippen molar-refractivity contribution in [2.75, 3.05) is 12.4 Å². The number of hydrogen-bond donors (Lipinski definition) is 1. The summed E-state index contributed by atoms with van der Waals surface area (Å²) in [4.78, 5) is 16.7. The van der Waals surface area contributed by atoms with Gasteiger partial charge < -0.3 is 14.6 Å². The second-order valence-electron chi connectivity index (χ2n) is 4.60. The molecule has 0 fully saturated rings. The summed E-state index contributed by atoms with van der Waals surface area (Å²) in [5.41, 5.74) is 1.24. The molecule has 2 aromatic heterocycles. The molecule has 0 aliphatic rings. The number of benzene rings is 1. The molecule has 0 spiro atoms. The number of halogens is 2. The summed E-state index contributed by atoms with van der Waals surface area (Å²) in [5, 5.41) is 6.85. The number of amides is 1. The van der Waals surface area contributed by atoms with Crippen LogP contribution in [0, 0.1) is 0 Å². The topological polar surface area (TPSA) is 90.1 Å². The van der Waals surface area contributed by atoms with Gasteiger partial charge in [-0.15, -0.1) is 0 Å². The lowest BCUT2D eigenvalue weighted by Gasteiger charge is -2.04. The van der Waals surface area contributed by atoms with Crippen LogP contribution < -0.4 is 5.32 Å². The highest BCUT2D eigenvalue weighted by atomic mass is 35.5. The molecule has 1 N–H and O–H groups in total. The van der Waals surface area contributed by atoms with Crippen molar-refractivity contribution < 1.29 is 14.1 Å². The molecular weight excluding hydrogens is 375 g/mol. The van der Waals surface area contributed by atoms with E-state index in [2.05, 4.69) is 19.8 Å². The van der Waals surface area contributed by atoms with Crippen molar-refractivity contribution >= 4 is 46.3 Å². The fraction of sp³-hybridized carbons (Fsp3) is 0.143. The minimum atomic E-state index is -0.394. The second kappa shape index (κ2) is 7.27. The first kappa shape index (κ1) is 16.8. The van der Waals surface area contributed by atoms with Crippen molar-refractivity contribution in [3.05, 3.63) is 45.2 Å². The summed E-state index contributed by atoms with van der Waals surface area (Å²) >= 11 is 12.6. The van der Waals surface area contributed by atoms with Gasteiger partial charge in [-0.1, -0.05) is 40.5 Å². The minimum absolute atomic E-state index is 0.109. The van der Waals surface area contributed by atoms with E-state index in [0.29, 0.717) is 23.0 Å². The molecule has 3 aromatic rings. The highest BCUT2D eigenvalue weighted by Gasteiger charge is 2.18. The Kier molecular flexibility index (Phi) is 5.10. The van der Waals surface area contributed by atoms with Gasteiger partial charge in [0.15, 0.2) is 5.15 Å². The second-order valence-corrected chi connectivity index (χ2v) is 6.11. The number of aromatic nitrogens is 3. The standard InChI is InChI=1S/C14H10Cl2N4O3S/c1-22-6-9-18-13(19-23-9)7-3-2-4-8(5-7)17-14(21)11-10(15)12(16)20-24-11/h2-5H,6H2,1H3,(H,17,21). The van der Waals surface area contributed by atoms with Gasteiger partial charge >= 0.3 is 0 Å². The van der Waals surface area contributed by atoms with Crippen LogP contribution in [0.5, 0.6) is 0 Å². The van der Waals surface area contributed by atoms with Crippen LogP contribution in [0.15, 0.2) is 28.8 Å². The number of ether oxygens (including phenoxy) is 1.